The fourth-order valence-electron chi connectivity index (χ4n) is 0.963. The number of carboxylic acids is 3. The maximum atomic E-state index is 9.65. The van der Waals surface area contributed by atoms with E-state index in [0.717, 1.165) is 38.5 Å². The van der Waals surface area contributed by atoms with Crippen LogP contribution >= 0.6 is 0 Å². The van der Waals surface area contributed by atoms with E-state index in [1.165, 1.54) is 0 Å². The molecule has 0 amide bonds. The SMILES string of the molecule is CCCCC(=O)[O-].CCCCC(=O)[O-].CCCCC(=O)[O-].[La+3]. The van der Waals surface area contributed by atoms with Gasteiger partial charge in [-0.15, -0.1) is 0 Å². The van der Waals surface area contributed by atoms with Gasteiger partial charge in [-0.2, -0.15) is 0 Å². The van der Waals surface area contributed by atoms with Crippen LogP contribution in [0, 0.1) is 35.6 Å². The number of hydrogen-bond acceptors (Lipinski definition) is 6. The molecular weight excluding hydrogens is 415 g/mol. The number of rotatable bonds is 9. The van der Waals surface area contributed by atoms with Crippen LogP contribution in [0.15, 0.2) is 0 Å². The van der Waals surface area contributed by atoms with Crippen molar-refractivity contribution in [3.63, 3.8) is 0 Å². The first-order chi connectivity index (χ1) is 9.81. The summed E-state index contributed by atoms with van der Waals surface area (Å²) in [5.41, 5.74) is 0. The third kappa shape index (κ3) is 50.4. The second-order valence-electron chi connectivity index (χ2n) is 4.43. The summed E-state index contributed by atoms with van der Waals surface area (Å²) in [5.74, 6) is -2.83. The normalized spacial score (nSPS) is 8.32. The molecule has 0 bridgehead atoms. The van der Waals surface area contributed by atoms with E-state index in [-0.39, 0.29) is 54.9 Å². The van der Waals surface area contributed by atoms with Gasteiger partial charge in [0.1, 0.15) is 0 Å². The summed E-state index contributed by atoms with van der Waals surface area (Å²) in [6.45, 7) is 5.84. The molecule has 6 nitrogen and oxygen atoms in total. The Kier molecular flexibility index (Phi) is 34.4. The summed E-state index contributed by atoms with van der Waals surface area (Å²) >= 11 is 0. The van der Waals surface area contributed by atoms with Gasteiger partial charge in [-0.05, 0) is 38.5 Å². The van der Waals surface area contributed by atoms with Crippen LogP contribution in [0.1, 0.15) is 78.6 Å². The van der Waals surface area contributed by atoms with Crippen molar-refractivity contribution in [2.45, 2.75) is 78.6 Å². The molecule has 0 radical (unpaired) electrons. The van der Waals surface area contributed by atoms with Gasteiger partial charge < -0.3 is 29.7 Å². The van der Waals surface area contributed by atoms with Crippen molar-refractivity contribution in [1.82, 2.24) is 0 Å². The predicted molar refractivity (Wildman–Crippen MR) is 73.6 cm³/mol. The van der Waals surface area contributed by atoms with Gasteiger partial charge in [-0.1, -0.05) is 40.0 Å². The zero-order valence-corrected chi connectivity index (χ0v) is 17.5. The minimum Gasteiger partial charge on any atom is -0.550 e. The van der Waals surface area contributed by atoms with Crippen LogP contribution in [0.2, 0.25) is 0 Å². The average Bonchev–Trinajstić information content (AvgIpc) is 2.41. The maximum Gasteiger partial charge on any atom is 3.00 e. The van der Waals surface area contributed by atoms with Crippen molar-refractivity contribution in [3.05, 3.63) is 0 Å². The molecular formula is C15H27LaO6. The minimum atomic E-state index is -0.943. The number of carbonyl (C=O) groups excluding carboxylic acids is 3. The Labute approximate surface area is 161 Å². The van der Waals surface area contributed by atoms with Crippen LogP contribution in [0.4, 0.5) is 0 Å². The van der Waals surface area contributed by atoms with E-state index in [9.17, 15) is 29.7 Å². The first-order valence-corrected chi connectivity index (χ1v) is 7.41. The Morgan fingerprint density at radius 1 is 0.591 bits per heavy atom. The van der Waals surface area contributed by atoms with E-state index in [0.29, 0.717) is 0 Å². The summed E-state index contributed by atoms with van der Waals surface area (Å²) in [6, 6.07) is 0. The van der Waals surface area contributed by atoms with Crippen molar-refractivity contribution < 1.29 is 65.3 Å². The third-order valence-corrected chi connectivity index (χ3v) is 2.20. The molecule has 126 valence electrons. The van der Waals surface area contributed by atoms with Gasteiger partial charge in [0.15, 0.2) is 0 Å². The van der Waals surface area contributed by atoms with E-state index in [4.69, 9.17) is 0 Å². The number of carboxylic acid groups (broad SMARTS) is 3. The van der Waals surface area contributed by atoms with Crippen LogP contribution in [-0.2, 0) is 14.4 Å². The Morgan fingerprint density at radius 3 is 0.818 bits per heavy atom. The molecule has 0 rings (SSSR count). The molecule has 0 unspecified atom stereocenters. The summed E-state index contributed by atoms with van der Waals surface area (Å²) in [6.07, 6.45) is 5.60. The van der Waals surface area contributed by atoms with Crippen LogP contribution in [0.25, 0.3) is 0 Å². The Bertz CT molecular complexity index is 226. The smallest absolute Gasteiger partial charge is 0.550 e. The predicted octanol–water partition coefficient (Wildman–Crippen LogP) is -0.220. The Hall–Kier alpha value is -0.395. The minimum absolute atomic E-state index is 0. The van der Waals surface area contributed by atoms with Crippen LogP contribution < -0.4 is 15.3 Å². The molecule has 0 aromatic rings. The van der Waals surface area contributed by atoms with Crippen molar-refractivity contribution in [3.8, 4) is 0 Å². The molecule has 0 atom stereocenters. The molecule has 0 fully saturated rings. The van der Waals surface area contributed by atoms with Gasteiger partial charge in [0, 0.05) is 17.9 Å². The van der Waals surface area contributed by atoms with E-state index in [1.807, 2.05) is 20.8 Å². The third-order valence-electron chi connectivity index (χ3n) is 2.20. The molecule has 0 N–H and O–H groups in total. The topological polar surface area (TPSA) is 120 Å². The van der Waals surface area contributed by atoms with Gasteiger partial charge in [0.05, 0.1) is 0 Å². The summed E-state index contributed by atoms with van der Waals surface area (Å²) in [7, 11) is 0. The van der Waals surface area contributed by atoms with E-state index in [2.05, 4.69) is 0 Å². The molecule has 0 aliphatic heterocycles. The number of carbonyl (C=O) groups is 3. The fraction of sp³-hybridized carbons (Fsp3) is 0.800. The first-order valence-electron chi connectivity index (χ1n) is 7.41. The van der Waals surface area contributed by atoms with Crippen LogP contribution in [0.3, 0.4) is 0 Å². The van der Waals surface area contributed by atoms with Gasteiger partial charge in [-0.25, -0.2) is 0 Å². The quantitative estimate of drug-likeness (QED) is 0.487. The van der Waals surface area contributed by atoms with Crippen molar-refractivity contribution >= 4 is 17.9 Å². The van der Waals surface area contributed by atoms with E-state index < -0.39 is 17.9 Å². The largest absolute Gasteiger partial charge is 3.00 e. The van der Waals surface area contributed by atoms with E-state index in [1.54, 1.807) is 0 Å². The molecule has 0 aromatic carbocycles. The molecule has 0 saturated heterocycles. The van der Waals surface area contributed by atoms with Gasteiger partial charge in [-0.3, -0.25) is 0 Å². The van der Waals surface area contributed by atoms with Crippen molar-refractivity contribution in [1.29, 1.82) is 0 Å². The summed E-state index contributed by atoms with van der Waals surface area (Å²) in [5, 5.41) is 28.9. The fourth-order valence-corrected chi connectivity index (χ4v) is 0.963. The monoisotopic (exact) mass is 442 g/mol. The Balaban J connectivity index is -0.000000108. The van der Waals surface area contributed by atoms with E-state index >= 15 is 0 Å². The molecule has 0 aliphatic rings. The number of hydrogen-bond donors (Lipinski definition) is 0. The number of aliphatic carboxylic acids is 3. The van der Waals surface area contributed by atoms with Gasteiger partial charge >= 0.3 is 35.6 Å². The molecule has 0 aliphatic carbocycles. The second-order valence-corrected chi connectivity index (χ2v) is 4.43. The standard InChI is InChI=1S/3C5H10O2.La/c3*1-2-3-4-5(6)7;/h3*2-4H2,1H3,(H,6,7);/q;;;+3/p-3. The Morgan fingerprint density at radius 2 is 0.773 bits per heavy atom. The first kappa shape index (κ1) is 29.6. The summed E-state index contributed by atoms with van der Waals surface area (Å²) in [4.78, 5) is 28.9. The molecule has 7 heteroatoms. The summed E-state index contributed by atoms with van der Waals surface area (Å²) < 4.78 is 0. The molecule has 0 spiro atoms. The van der Waals surface area contributed by atoms with Crippen molar-refractivity contribution in [2.24, 2.45) is 0 Å². The van der Waals surface area contributed by atoms with Crippen LogP contribution in [-0.4, -0.2) is 17.9 Å². The zero-order chi connectivity index (χ0) is 17.1. The van der Waals surface area contributed by atoms with Gasteiger partial charge in [0.2, 0.25) is 0 Å². The number of unbranched alkanes of at least 4 members (excludes halogenated alkanes) is 3. The molecule has 22 heavy (non-hydrogen) atoms. The van der Waals surface area contributed by atoms with Gasteiger partial charge in [0.25, 0.3) is 0 Å². The second kappa shape index (κ2) is 25.6. The average molecular weight is 442 g/mol. The van der Waals surface area contributed by atoms with Crippen LogP contribution in [0.5, 0.6) is 0 Å². The van der Waals surface area contributed by atoms with Crippen molar-refractivity contribution in [2.75, 3.05) is 0 Å². The molecule has 0 saturated carbocycles. The molecule has 0 aromatic heterocycles. The maximum absolute atomic E-state index is 9.65. The molecule has 0 heterocycles. The zero-order valence-electron chi connectivity index (χ0n) is 13.9.